The van der Waals surface area contributed by atoms with Crippen LogP contribution in [-0.4, -0.2) is 18.0 Å². The highest BCUT2D eigenvalue weighted by molar-refractivity contribution is 5.39. The van der Waals surface area contributed by atoms with E-state index in [9.17, 15) is 0 Å². The summed E-state index contributed by atoms with van der Waals surface area (Å²) in [6, 6.07) is 8.21. The van der Waals surface area contributed by atoms with Crippen molar-refractivity contribution in [3.05, 3.63) is 41.5 Å². The fraction of sp³-hybridized carbons (Fsp3) is 0.500. The van der Waals surface area contributed by atoms with Crippen LogP contribution in [-0.2, 0) is 6.54 Å². The van der Waals surface area contributed by atoms with E-state index in [1.165, 1.54) is 12.0 Å². The Bertz CT molecular complexity index is 423. The van der Waals surface area contributed by atoms with Crippen LogP contribution in [0.4, 0.5) is 5.69 Å². The van der Waals surface area contributed by atoms with E-state index in [-0.39, 0.29) is 0 Å². The van der Waals surface area contributed by atoms with Gasteiger partial charge in [-0.25, -0.2) is 0 Å². The third-order valence-electron chi connectivity index (χ3n) is 3.64. The quantitative estimate of drug-likeness (QED) is 0.638. The van der Waals surface area contributed by atoms with Crippen molar-refractivity contribution in [3.63, 3.8) is 0 Å². The lowest BCUT2D eigenvalue weighted by Crippen LogP contribution is -2.30. The molecule has 0 saturated carbocycles. The van der Waals surface area contributed by atoms with Crippen LogP contribution in [0.1, 0.15) is 32.8 Å². The molecule has 2 heteroatoms. The van der Waals surface area contributed by atoms with Gasteiger partial charge in [-0.1, -0.05) is 44.6 Å². The van der Waals surface area contributed by atoms with Crippen LogP contribution in [0.2, 0.25) is 0 Å². The predicted molar refractivity (Wildman–Crippen MR) is 78.3 cm³/mol. The van der Waals surface area contributed by atoms with Crippen molar-refractivity contribution in [1.82, 2.24) is 4.90 Å². The van der Waals surface area contributed by atoms with Gasteiger partial charge in [0.2, 0.25) is 0 Å². The van der Waals surface area contributed by atoms with E-state index in [2.05, 4.69) is 43.9 Å². The molecule has 0 radical (unpaired) electrons. The van der Waals surface area contributed by atoms with Crippen LogP contribution < -0.4 is 5.73 Å². The molecule has 0 unspecified atom stereocenters. The van der Waals surface area contributed by atoms with Gasteiger partial charge < -0.3 is 5.73 Å². The molecule has 0 aliphatic carbocycles. The Morgan fingerprint density at radius 2 is 1.83 bits per heavy atom. The minimum Gasteiger partial charge on any atom is -0.399 e. The maximum atomic E-state index is 5.70. The van der Waals surface area contributed by atoms with Gasteiger partial charge in [-0.3, -0.25) is 4.90 Å². The molecule has 2 nitrogen and oxygen atoms in total. The summed E-state index contributed by atoms with van der Waals surface area (Å²) >= 11 is 0. The first-order chi connectivity index (χ1) is 8.45. The second kappa shape index (κ2) is 5.15. The number of hydrogen-bond acceptors (Lipinski definition) is 2. The van der Waals surface area contributed by atoms with Gasteiger partial charge in [-0.15, -0.1) is 0 Å². The molecule has 1 aromatic carbocycles. The second-order valence-corrected chi connectivity index (χ2v) is 6.21. The molecule has 98 valence electrons. The van der Waals surface area contributed by atoms with Crippen LogP contribution in [0.5, 0.6) is 0 Å². The number of anilines is 1. The Hall–Kier alpha value is -1.28. The van der Waals surface area contributed by atoms with Gasteiger partial charge in [-0.2, -0.15) is 0 Å². The third-order valence-corrected chi connectivity index (χ3v) is 3.64. The standard InChI is InChI=1S/C16H24N2/c1-16(2,3)14-8-10-18(11-9-14)12-13-4-6-15(17)7-5-13/h4-8H,9-12,17H2,1-3H3. The molecule has 0 spiro atoms. The monoisotopic (exact) mass is 244 g/mol. The van der Waals surface area contributed by atoms with Crippen LogP contribution in [0.25, 0.3) is 0 Å². The average molecular weight is 244 g/mol. The predicted octanol–water partition coefficient (Wildman–Crippen LogP) is 3.45. The largest absolute Gasteiger partial charge is 0.399 e. The van der Waals surface area contributed by atoms with E-state index in [0.29, 0.717) is 5.41 Å². The molecular formula is C16H24N2. The molecule has 0 fully saturated rings. The van der Waals surface area contributed by atoms with Crippen molar-refractivity contribution in [2.24, 2.45) is 5.41 Å². The van der Waals surface area contributed by atoms with E-state index < -0.39 is 0 Å². The molecule has 0 atom stereocenters. The van der Waals surface area contributed by atoms with Gasteiger partial charge in [0.15, 0.2) is 0 Å². The molecule has 18 heavy (non-hydrogen) atoms. The first-order valence-corrected chi connectivity index (χ1v) is 6.71. The van der Waals surface area contributed by atoms with Gasteiger partial charge in [0.25, 0.3) is 0 Å². The van der Waals surface area contributed by atoms with E-state index in [1.807, 2.05) is 12.1 Å². The Morgan fingerprint density at radius 1 is 1.17 bits per heavy atom. The summed E-state index contributed by atoms with van der Waals surface area (Å²) in [5.41, 5.74) is 9.81. The number of nitrogens with two attached hydrogens (primary N) is 1. The highest BCUT2D eigenvalue weighted by Gasteiger charge is 2.21. The number of benzene rings is 1. The fourth-order valence-electron chi connectivity index (χ4n) is 2.42. The molecule has 1 aliphatic heterocycles. The Labute approximate surface area is 110 Å². The van der Waals surface area contributed by atoms with Gasteiger partial charge in [0.1, 0.15) is 0 Å². The minimum absolute atomic E-state index is 0.327. The SMILES string of the molecule is CC(C)(C)C1=CCN(Cc2ccc(N)cc2)CC1. The van der Waals surface area contributed by atoms with E-state index in [0.717, 1.165) is 25.3 Å². The summed E-state index contributed by atoms with van der Waals surface area (Å²) < 4.78 is 0. The topological polar surface area (TPSA) is 29.3 Å². The summed E-state index contributed by atoms with van der Waals surface area (Å²) in [7, 11) is 0. The lowest BCUT2D eigenvalue weighted by atomic mass is 9.83. The lowest BCUT2D eigenvalue weighted by molar-refractivity contribution is 0.271. The number of hydrogen-bond donors (Lipinski definition) is 1. The van der Waals surface area contributed by atoms with Crippen LogP contribution in [0.15, 0.2) is 35.9 Å². The van der Waals surface area contributed by atoms with Gasteiger partial charge in [0.05, 0.1) is 0 Å². The molecular weight excluding hydrogens is 220 g/mol. The second-order valence-electron chi connectivity index (χ2n) is 6.21. The molecule has 1 heterocycles. The third kappa shape index (κ3) is 3.36. The van der Waals surface area contributed by atoms with Gasteiger partial charge >= 0.3 is 0 Å². The van der Waals surface area contributed by atoms with E-state index >= 15 is 0 Å². The molecule has 0 saturated heterocycles. The van der Waals surface area contributed by atoms with Crippen molar-refractivity contribution >= 4 is 5.69 Å². The number of rotatable bonds is 2. The maximum absolute atomic E-state index is 5.70. The summed E-state index contributed by atoms with van der Waals surface area (Å²) in [6.07, 6.45) is 3.60. The molecule has 0 amide bonds. The fourth-order valence-corrected chi connectivity index (χ4v) is 2.42. The van der Waals surface area contributed by atoms with Crippen molar-refractivity contribution in [1.29, 1.82) is 0 Å². The van der Waals surface area contributed by atoms with Crippen LogP contribution >= 0.6 is 0 Å². The lowest BCUT2D eigenvalue weighted by Gasteiger charge is -2.32. The van der Waals surface area contributed by atoms with Crippen molar-refractivity contribution in [2.45, 2.75) is 33.7 Å². The Balaban J connectivity index is 1.94. The highest BCUT2D eigenvalue weighted by Crippen LogP contribution is 2.30. The van der Waals surface area contributed by atoms with Crippen molar-refractivity contribution in [2.75, 3.05) is 18.8 Å². The highest BCUT2D eigenvalue weighted by atomic mass is 15.1. The van der Waals surface area contributed by atoms with E-state index in [1.54, 1.807) is 5.57 Å². The van der Waals surface area contributed by atoms with Crippen molar-refractivity contribution in [3.8, 4) is 0 Å². The van der Waals surface area contributed by atoms with Gasteiger partial charge in [-0.05, 0) is 29.5 Å². The minimum atomic E-state index is 0.327. The summed E-state index contributed by atoms with van der Waals surface area (Å²) in [5, 5.41) is 0. The maximum Gasteiger partial charge on any atom is 0.0314 e. The molecule has 0 bridgehead atoms. The van der Waals surface area contributed by atoms with Crippen LogP contribution in [0.3, 0.4) is 0 Å². The first-order valence-electron chi connectivity index (χ1n) is 6.71. The Kier molecular flexibility index (Phi) is 3.76. The molecule has 2 rings (SSSR count). The van der Waals surface area contributed by atoms with E-state index in [4.69, 9.17) is 5.73 Å². The zero-order chi connectivity index (χ0) is 13.2. The van der Waals surface area contributed by atoms with Gasteiger partial charge in [0, 0.05) is 25.3 Å². The molecule has 2 N–H and O–H groups in total. The number of nitrogen functional groups attached to an aromatic ring is 1. The Morgan fingerprint density at radius 3 is 2.33 bits per heavy atom. The van der Waals surface area contributed by atoms with Crippen molar-refractivity contribution < 1.29 is 0 Å². The molecule has 0 aromatic heterocycles. The number of nitrogens with zero attached hydrogens (tertiary/aromatic N) is 1. The normalized spacial score (nSPS) is 17.6. The molecule has 1 aliphatic rings. The molecule has 1 aromatic rings. The average Bonchev–Trinajstić information content (AvgIpc) is 2.32. The first kappa shape index (κ1) is 13.2. The summed E-state index contributed by atoms with van der Waals surface area (Å²) in [6.45, 7) is 10.1. The summed E-state index contributed by atoms with van der Waals surface area (Å²) in [4.78, 5) is 2.49. The zero-order valence-corrected chi connectivity index (χ0v) is 11.7. The zero-order valence-electron chi connectivity index (χ0n) is 11.7. The smallest absolute Gasteiger partial charge is 0.0314 e. The van der Waals surface area contributed by atoms with Crippen LogP contribution in [0, 0.1) is 5.41 Å². The summed E-state index contributed by atoms with van der Waals surface area (Å²) in [5.74, 6) is 0.